The number of ether oxygens (including phenoxy) is 1. The summed E-state index contributed by atoms with van der Waals surface area (Å²) in [4.78, 5) is 8.82. The molecular formula is C19H21BrN5O2P. The maximum atomic E-state index is 12.6. The predicted octanol–water partition coefficient (Wildman–Crippen LogP) is 4.57. The highest BCUT2D eigenvalue weighted by Crippen LogP contribution is 2.38. The van der Waals surface area contributed by atoms with Crippen LogP contribution in [0.4, 0.5) is 28.8 Å². The first-order valence-electron chi connectivity index (χ1n) is 8.42. The van der Waals surface area contributed by atoms with Crippen molar-refractivity contribution in [3.05, 3.63) is 53.1 Å². The van der Waals surface area contributed by atoms with Crippen LogP contribution in [0, 0.1) is 0 Å². The van der Waals surface area contributed by atoms with Crippen LogP contribution in [0.15, 0.2) is 53.1 Å². The van der Waals surface area contributed by atoms with Crippen LogP contribution in [0.2, 0.25) is 0 Å². The SMILES string of the molecule is COc1ccc(N)cc1Nc1ncc(Br)c(Nc2ccccc2P(C)(C)=O)n1. The second-order valence-corrected chi connectivity index (χ2v) is 10.5. The number of methoxy groups -OCH3 is 1. The Morgan fingerprint density at radius 2 is 1.86 bits per heavy atom. The van der Waals surface area contributed by atoms with Gasteiger partial charge in [0, 0.05) is 17.2 Å². The van der Waals surface area contributed by atoms with Crippen molar-refractivity contribution in [1.29, 1.82) is 0 Å². The lowest BCUT2D eigenvalue weighted by Gasteiger charge is -2.16. The molecule has 0 amide bonds. The summed E-state index contributed by atoms with van der Waals surface area (Å²) in [5.74, 6) is 1.53. The maximum absolute atomic E-state index is 12.6. The molecular weight excluding hydrogens is 441 g/mol. The van der Waals surface area contributed by atoms with Crippen LogP contribution in [-0.4, -0.2) is 30.4 Å². The van der Waals surface area contributed by atoms with Gasteiger partial charge in [0.05, 0.1) is 23.0 Å². The van der Waals surface area contributed by atoms with Crippen LogP contribution >= 0.6 is 23.1 Å². The van der Waals surface area contributed by atoms with Gasteiger partial charge in [0.15, 0.2) is 0 Å². The second kappa shape index (κ2) is 8.20. The number of aromatic nitrogens is 2. The van der Waals surface area contributed by atoms with E-state index in [1.54, 1.807) is 44.8 Å². The lowest BCUT2D eigenvalue weighted by molar-refractivity contribution is 0.417. The average molecular weight is 462 g/mol. The van der Waals surface area contributed by atoms with Gasteiger partial charge in [-0.05, 0) is 59.6 Å². The van der Waals surface area contributed by atoms with Gasteiger partial charge in [0.2, 0.25) is 5.95 Å². The molecule has 4 N–H and O–H groups in total. The first kappa shape index (κ1) is 20.2. The topological polar surface area (TPSA) is 102 Å². The van der Waals surface area contributed by atoms with Gasteiger partial charge in [0.1, 0.15) is 18.7 Å². The summed E-state index contributed by atoms with van der Waals surface area (Å²) in [6.07, 6.45) is 1.64. The molecule has 0 aliphatic rings. The molecule has 0 fully saturated rings. The van der Waals surface area contributed by atoms with Crippen molar-refractivity contribution in [2.45, 2.75) is 0 Å². The highest BCUT2D eigenvalue weighted by Gasteiger charge is 2.17. The molecule has 146 valence electrons. The number of nitrogens with zero attached hydrogens (tertiary/aromatic N) is 2. The minimum atomic E-state index is -2.46. The lowest BCUT2D eigenvalue weighted by Crippen LogP contribution is -2.11. The zero-order chi connectivity index (χ0) is 20.3. The van der Waals surface area contributed by atoms with Gasteiger partial charge in [-0.2, -0.15) is 4.98 Å². The Morgan fingerprint density at radius 3 is 2.57 bits per heavy atom. The third-order valence-corrected chi connectivity index (χ3v) is 6.08. The number of benzene rings is 2. The monoisotopic (exact) mass is 461 g/mol. The second-order valence-electron chi connectivity index (χ2n) is 6.47. The maximum Gasteiger partial charge on any atom is 0.229 e. The molecule has 0 atom stereocenters. The number of rotatable bonds is 6. The number of hydrogen-bond acceptors (Lipinski definition) is 7. The van der Waals surface area contributed by atoms with Crippen molar-refractivity contribution in [2.24, 2.45) is 0 Å². The van der Waals surface area contributed by atoms with Gasteiger partial charge in [-0.15, -0.1) is 0 Å². The van der Waals surface area contributed by atoms with Crippen LogP contribution in [-0.2, 0) is 4.57 Å². The molecule has 3 aromatic rings. The van der Waals surface area contributed by atoms with Crippen molar-refractivity contribution in [3.63, 3.8) is 0 Å². The van der Waals surface area contributed by atoms with Gasteiger partial charge in [0.25, 0.3) is 0 Å². The number of nitrogens with two attached hydrogens (primary N) is 1. The van der Waals surface area contributed by atoms with E-state index in [9.17, 15) is 4.57 Å². The summed E-state index contributed by atoms with van der Waals surface area (Å²) in [6.45, 7) is 3.48. The number of hydrogen-bond donors (Lipinski definition) is 3. The molecule has 3 rings (SSSR count). The summed E-state index contributed by atoms with van der Waals surface area (Å²) in [5, 5.41) is 7.12. The number of nitrogen functional groups attached to an aromatic ring is 1. The van der Waals surface area contributed by atoms with Crippen molar-refractivity contribution >= 4 is 57.2 Å². The van der Waals surface area contributed by atoms with E-state index in [1.807, 2.05) is 24.3 Å². The van der Waals surface area contributed by atoms with Crippen LogP contribution < -0.4 is 26.4 Å². The molecule has 2 aromatic carbocycles. The first-order valence-corrected chi connectivity index (χ1v) is 11.8. The molecule has 9 heteroatoms. The number of para-hydroxylation sites is 1. The van der Waals surface area contributed by atoms with E-state index in [1.165, 1.54) is 0 Å². The fourth-order valence-electron chi connectivity index (χ4n) is 2.64. The summed E-state index contributed by atoms with van der Waals surface area (Å²) >= 11 is 3.46. The fraction of sp³-hybridized carbons (Fsp3) is 0.158. The Hall–Kier alpha value is -2.57. The molecule has 0 saturated carbocycles. The first-order chi connectivity index (χ1) is 13.3. The molecule has 0 aliphatic carbocycles. The minimum absolute atomic E-state index is 0.364. The molecule has 28 heavy (non-hydrogen) atoms. The van der Waals surface area contributed by atoms with Gasteiger partial charge in [-0.25, -0.2) is 4.98 Å². The largest absolute Gasteiger partial charge is 0.495 e. The van der Waals surface area contributed by atoms with Crippen LogP contribution in [0.1, 0.15) is 0 Å². The van der Waals surface area contributed by atoms with Gasteiger partial charge >= 0.3 is 0 Å². The van der Waals surface area contributed by atoms with Crippen molar-refractivity contribution < 1.29 is 9.30 Å². The molecule has 0 radical (unpaired) electrons. The van der Waals surface area contributed by atoms with Crippen molar-refractivity contribution in [3.8, 4) is 5.75 Å². The Morgan fingerprint density at radius 1 is 1.11 bits per heavy atom. The molecule has 0 unspecified atom stereocenters. The Balaban J connectivity index is 1.94. The van der Waals surface area contributed by atoms with E-state index in [0.29, 0.717) is 33.4 Å². The highest BCUT2D eigenvalue weighted by atomic mass is 79.9. The van der Waals surface area contributed by atoms with E-state index in [4.69, 9.17) is 10.5 Å². The molecule has 7 nitrogen and oxygen atoms in total. The van der Waals surface area contributed by atoms with E-state index >= 15 is 0 Å². The Bertz CT molecular complexity index is 1050. The highest BCUT2D eigenvalue weighted by molar-refractivity contribution is 9.10. The van der Waals surface area contributed by atoms with E-state index in [2.05, 4.69) is 36.5 Å². The van der Waals surface area contributed by atoms with Gasteiger partial charge in [-0.1, -0.05) is 12.1 Å². The molecule has 0 aliphatic heterocycles. The predicted molar refractivity (Wildman–Crippen MR) is 119 cm³/mol. The van der Waals surface area contributed by atoms with Gasteiger partial charge < -0.3 is 25.7 Å². The standard InChI is InChI=1S/C19H21BrN5O2P/c1-27-16-9-8-12(21)10-15(16)24-19-22-11-13(20)18(25-19)23-14-6-4-5-7-17(14)28(2,3)26/h4-11H,21H2,1-3H3,(H2,22,23,24,25). The van der Waals surface area contributed by atoms with Crippen molar-refractivity contribution in [2.75, 3.05) is 36.8 Å². The molecule has 0 spiro atoms. The smallest absolute Gasteiger partial charge is 0.229 e. The van der Waals surface area contributed by atoms with E-state index < -0.39 is 7.14 Å². The normalized spacial score (nSPS) is 11.1. The third kappa shape index (κ3) is 4.64. The molecule has 0 bridgehead atoms. The van der Waals surface area contributed by atoms with Gasteiger partial charge in [-0.3, -0.25) is 0 Å². The average Bonchev–Trinajstić information content (AvgIpc) is 2.64. The Kier molecular flexibility index (Phi) is 5.91. The number of nitrogens with one attached hydrogen (secondary N) is 2. The minimum Gasteiger partial charge on any atom is -0.495 e. The lowest BCUT2D eigenvalue weighted by atomic mass is 10.2. The number of anilines is 5. The van der Waals surface area contributed by atoms with Crippen LogP contribution in [0.25, 0.3) is 0 Å². The molecule has 1 heterocycles. The zero-order valence-corrected chi connectivity index (χ0v) is 18.2. The number of halogens is 1. The van der Waals surface area contributed by atoms with Crippen molar-refractivity contribution in [1.82, 2.24) is 9.97 Å². The summed E-state index contributed by atoms with van der Waals surface area (Å²) < 4.78 is 18.6. The van der Waals surface area contributed by atoms with Crippen LogP contribution in [0.5, 0.6) is 5.75 Å². The molecule has 0 saturated heterocycles. The quantitative estimate of drug-likeness (QED) is 0.365. The fourth-order valence-corrected chi connectivity index (χ4v) is 4.08. The Labute approximate surface area is 172 Å². The summed E-state index contributed by atoms with van der Waals surface area (Å²) in [6, 6.07) is 12.8. The zero-order valence-electron chi connectivity index (χ0n) is 15.7. The third-order valence-electron chi connectivity index (χ3n) is 3.95. The summed E-state index contributed by atoms with van der Waals surface area (Å²) in [7, 11) is -0.878. The van der Waals surface area contributed by atoms with Crippen LogP contribution in [0.3, 0.4) is 0 Å². The van der Waals surface area contributed by atoms with E-state index in [0.717, 1.165) is 11.0 Å². The summed E-state index contributed by atoms with van der Waals surface area (Å²) in [5.41, 5.74) is 7.85. The molecule has 1 aromatic heterocycles. The van der Waals surface area contributed by atoms with E-state index in [-0.39, 0.29) is 0 Å².